The molecule has 1 heterocycles. The predicted octanol–water partition coefficient (Wildman–Crippen LogP) is 6.14. The van der Waals surface area contributed by atoms with Crippen molar-refractivity contribution in [2.75, 3.05) is 5.32 Å². The van der Waals surface area contributed by atoms with Gasteiger partial charge >= 0.3 is 0 Å². The number of nitrogens with one attached hydrogen (secondary N) is 1. The van der Waals surface area contributed by atoms with Crippen molar-refractivity contribution in [3.05, 3.63) is 131 Å². The second kappa shape index (κ2) is 10.1. The van der Waals surface area contributed by atoms with Gasteiger partial charge in [-0.25, -0.2) is 13.8 Å². The van der Waals surface area contributed by atoms with Crippen LogP contribution in [0.2, 0.25) is 0 Å². The Morgan fingerprint density at radius 3 is 2.25 bits per heavy atom. The first-order valence-corrected chi connectivity index (χ1v) is 11.9. The summed E-state index contributed by atoms with van der Waals surface area (Å²) in [7, 11) is 0. The number of amides is 1. The van der Waals surface area contributed by atoms with Gasteiger partial charge < -0.3 is 5.32 Å². The Kier molecular flexibility index (Phi) is 6.60. The van der Waals surface area contributed by atoms with Gasteiger partial charge in [-0.3, -0.25) is 14.2 Å². The van der Waals surface area contributed by atoms with Crippen LogP contribution in [0, 0.1) is 11.6 Å². The van der Waals surface area contributed by atoms with E-state index in [0.29, 0.717) is 22.2 Å². The van der Waals surface area contributed by atoms with Gasteiger partial charge in [-0.1, -0.05) is 66.4 Å². The second-order valence-electron chi connectivity index (χ2n) is 7.91. The number of anilines is 1. The van der Waals surface area contributed by atoms with Crippen molar-refractivity contribution in [3.8, 4) is 5.69 Å². The number of para-hydroxylation sites is 2. The van der Waals surface area contributed by atoms with Gasteiger partial charge in [0.15, 0.2) is 5.16 Å². The molecule has 5 aromatic rings. The number of aromatic nitrogens is 2. The number of fused-ring (bicyclic) bond motifs is 1. The average Bonchev–Trinajstić information content (AvgIpc) is 2.90. The molecule has 178 valence electrons. The van der Waals surface area contributed by atoms with Crippen LogP contribution in [0.1, 0.15) is 10.8 Å². The molecule has 8 heteroatoms. The lowest BCUT2D eigenvalue weighted by atomic mass is 10.1. The molecule has 0 saturated heterocycles. The molecule has 0 fully saturated rings. The molecule has 0 spiro atoms. The fourth-order valence-corrected chi connectivity index (χ4v) is 4.89. The van der Waals surface area contributed by atoms with Gasteiger partial charge in [0, 0.05) is 5.69 Å². The van der Waals surface area contributed by atoms with Crippen LogP contribution >= 0.6 is 11.8 Å². The standard InChI is InChI=1S/C28H19F2N3O2S/c29-19-14-16-20(17-15-19)31-26(34)25(18-8-2-1-3-9-18)36-28-32-23-12-6-4-10-21(23)27(35)33(28)24-13-7-5-11-22(24)30/h1-17,25H,(H,31,34). The Labute approximate surface area is 209 Å². The summed E-state index contributed by atoms with van der Waals surface area (Å²) in [5, 5.41) is 2.44. The van der Waals surface area contributed by atoms with E-state index in [9.17, 15) is 18.4 Å². The number of thioether (sulfide) groups is 1. The minimum absolute atomic E-state index is 0.0361. The molecule has 1 aromatic heterocycles. The highest BCUT2D eigenvalue weighted by molar-refractivity contribution is 8.00. The number of hydrogen-bond acceptors (Lipinski definition) is 4. The van der Waals surface area contributed by atoms with E-state index in [2.05, 4.69) is 10.3 Å². The van der Waals surface area contributed by atoms with Crippen LogP contribution in [-0.2, 0) is 4.79 Å². The summed E-state index contributed by atoms with van der Waals surface area (Å²) in [6, 6.07) is 27.1. The molecule has 5 rings (SSSR count). The first-order valence-electron chi connectivity index (χ1n) is 11.1. The molecule has 36 heavy (non-hydrogen) atoms. The molecule has 1 unspecified atom stereocenters. The van der Waals surface area contributed by atoms with E-state index in [1.165, 1.54) is 47.0 Å². The van der Waals surface area contributed by atoms with Gasteiger partial charge in [0.25, 0.3) is 5.56 Å². The van der Waals surface area contributed by atoms with Gasteiger partial charge in [0.2, 0.25) is 5.91 Å². The number of halogens is 2. The van der Waals surface area contributed by atoms with Crippen LogP contribution in [0.3, 0.4) is 0 Å². The quantitative estimate of drug-likeness (QED) is 0.225. The molecular weight excluding hydrogens is 480 g/mol. The van der Waals surface area contributed by atoms with Crippen LogP contribution in [0.25, 0.3) is 16.6 Å². The molecule has 0 aliphatic carbocycles. The second-order valence-corrected chi connectivity index (χ2v) is 8.98. The fourth-order valence-electron chi connectivity index (χ4n) is 3.78. The topological polar surface area (TPSA) is 64.0 Å². The van der Waals surface area contributed by atoms with Crippen molar-refractivity contribution < 1.29 is 13.6 Å². The molecule has 1 N–H and O–H groups in total. The lowest BCUT2D eigenvalue weighted by Gasteiger charge is -2.20. The Morgan fingerprint density at radius 2 is 1.50 bits per heavy atom. The third-order valence-corrected chi connectivity index (χ3v) is 6.72. The lowest BCUT2D eigenvalue weighted by Crippen LogP contribution is -2.25. The molecule has 0 aliphatic rings. The minimum atomic E-state index is -0.845. The lowest BCUT2D eigenvalue weighted by molar-refractivity contribution is -0.115. The van der Waals surface area contributed by atoms with Crippen LogP contribution in [0.15, 0.2) is 113 Å². The van der Waals surface area contributed by atoms with Crippen LogP contribution < -0.4 is 10.9 Å². The molecule has 0 saturated carbocycles. The maximum absolute atomic E-state index is 14.9. The van der Waals surface area contributed by atoms with E-state index in [1.807, 2.05) is 6.07 Å². The maximum Gasteiger partial charge on any atom is 0.266 e. The normalized spacial score (nSPS) is 11.8. The van der Waals surface area contributed by atoms with Crippen molar-refractivity contribution in [2.45, 2.75) is 10.4 Å². The van der Waals surface area contributed by atoms with Crippen LogP contribution in [-0.4, -0.2) is 15.5 Å². The summed E-state index contributed by atoms with van der Waals surface area (Å²) in [6.45, 7) is 0. The highest BCUT2D eigenvalue weighted by Gasteiger charge is 2.26. The average molecular weight is 500 g/mol. The highest BCUT2D eigenvalue weighted by atomic mass is 32.2. The summed E-state index contributed by atoms with van der Waals surface area (Å²) in [4.78, 5) is 31.6. The summed E-state index contributed by atoms with van der Waals surface area (Å²) in [5.41, 5.74) is 1.10. The van der Waals surface area contributed by atoms with Gasteiger partial charge in [0.05, 0.1) is 16.6 Å². The molecule has 1 atom stereocenters. The predicted molar refractivity (Wildman–Crippen MR) is 137 cm³/mol. The Morgan fingerprint density at radius 1 is 0.833 bits per heavy atom. The molecule has 0 aliphatic heterocycles. The van der Waals surface area contributed by atoms with Gasteiger partial charge in [-0.15, -0.1) is 0 Å². The largest absolute Gasteiger partial charge is 0.325 e. The van der Waals surface area contributed by atoms with Crippen LogP contribution in [0.5, 0.6) is 0 Å². The zero-order valence-electron chi connectivity index (χ0n) is 18.8. The number of rotatable bonds is 6. The van der Waals surface area contributed by atoms with E-state index in [-0.39, 0.29) is 10.8 Å². The van der Waals surface area contributed by atoms with E-state index in [1.54, 1.807) is 54.6 Å². The summed E-state index contributed by atoms with van der Waals surface area (Å²) in [5.74, 6) is -1.41. The number of hydrogen-bond donors (Lipinski definition) is 1. The molecule has 0 bridgehead atoms. The Hall–Kier alpha value is -4.30. The Balaban J connectivity index is 1.64. The van der Waals surface area contributed by atoms with Crippen molar-refractivity contribution >= 4 is 34.3 Å². The summed E-state index contributed by atoms with van der Waals surface area (Å²) >= 11 is 1.03. The minimum Gasteiger partial charge on any atom is -0.325 e. The van der Waals surface area contributed by atoms with Crippen LogP contribution in [0.4, 0.5) is 14.5 Å². The number of carbonyl (C=O) groups excluding carboxylic acids is 1. The number of carbonyl (C=O) groups is 1. The Bertz CT molecular complexity index is 1610. The molecule has 5 nitrogen and oxygen atoms in total. The van der Waals surface area contributed by atoms with Gasteiger partial charge in [-0.05, 0) is 54.1 Å². The maximum atomic E-state index is 14.9. The molecule has 4 aromatic carbocycles. The number of nitrogens with zero attached hydrogens (tertiary/aromatic N) is 2. The first kappa shape index (κ1) is 23.4. The smallest absolute Gasteiger partial charge is 0.266 e. The third kappa shape index (κ3) is 4.76. The van der Waals surface area contributed by atoms with E-state index < -0.39 is 28.4 Å². The van der Waals surface area contributed by atoms with Crippen molar-refractivity contribution in [1.29, 1.82) is 0 Å². The molecular formula is C28H19F2N3O2S. The monoisotopic (exact) mass is 499 g/mol. The SMILES string of the molecule is O=C(Nc1ccc(F)cc1)C(Sc1nc2ccccc2c(=O)n1-c1ccccc1F)c1ccccc1. The first-order chi connectivity index (χ1) is 17.5. The zero-order valence-corrected chi connectivity index (χ0v) is 19.6. The van der Waals surface area contributed by atoms with E-state index in [4.69, 9.17) is 0 Å². The molecule has 1 amide bonds. The van der Waals surface area contributed by atoms with Gasteiger partial charge in [0.1, 0.15) is 16.9 Å². The van der Waals surface area contributed by atoms with Crippen molar-refractivity contribution in [3.63, 3.8) is 0 Å². The summed E-state index contributed by atoms with van der Waals surface area (Å²) < 4.78 is 29.4. The summed E-state index contributed by atoms with van der Waals surface area (Å²) in [6.07, 6.45) is 0. The highest BCUT2D eigenvalue weighted by Crippen LogP contribution is 2.36. The van der Waals surface area contributed by atoms with Gasteiger partial charge in [-0.2, -0.15) is 0 Å². The van der Waals surface area contributed by atoms with E-state index in [0.717, 1.165) is 11.8 Å². The molecule has 0 radical (unpaired) electrons. The van der Waals surface area contributed by atoms with Crippen molar-refractivity contribution in [2.24, 2.45) is 0 Å². The van der Waals surface area contributed by atoms with Crippen molar-refractivity contribution in [1.82, 2.24) is 9.55 Å². The fraction of sp³-hybridized carbons (Fsp3) is 0.0357. The third-order valence-electron chi connectivity index (χ3n) is 5.51. The number of benzene rings is 4. The van der Waals surface area contributed by atoms with E-state index >= 15 is 0 Å². The zero-order chi connectivity index (χ0) is 25.1.